The van der Waals surface area contributed by atoms with Gasteiger partial charge in [-0.15, -0.1) is 0 Å². The quantitative estimate of drug-likeness (QED) is 0.638. The normalized spacial score (nSPS) is 21.7. The molecule has 92 valence electrons. The van der Waals surface area contributed by atoms with Crippen LogP contribution < -0.4 is 11.1 Å². The van der Waals surface area contributed by atoms with Crippen LogP contribution in [-0.2, 0) is 9.59 Å². The van der Waals surface area contributed by atoms with Gasteiger partial charge in [-0.1, -0.05) is 20.3 Å². The third kappa shape index (κ3) is 2.35. The number of rotatable bonds is 5. The Balaban J connectivity index is 2.59. The van der Waals surface area contributed by atoms with Crippen molar-refractivity contribution < 1.29 is 14.7 Å². The number of amides is 1. The Hall–Kier alpha value is -1.10. The maximum Gasteiger partial charge on any atom is 0.329 e. The van der Waals surface area contributed by atoms with E-state index in [-0.39, 0.29) is 11.8 Å². The average molecular weight is 228 g/mol. The average Bonchev–Trinajstić information content (AvgIpc) is 2.20. The summed E-state index contributed by atoms with van der Waals surface area (Å²) in [6.07, 6.45) is 2.64. The molecule has 0 radical (unpaired) electrons. The van der Waals surface area contributed by atoms with Crippen LogP contribution in [-0.4, -0.2) is 28.6 Å². The molecule has 5 nitrogen and oxygen atoms in total. The Morgan fingerprint density at radius 2 is 2.06 bits per heavy atom. The van der Waals surface area contributed by atoms with Gasteiger partial charge in [-0.05, 0) is 25.2 Å². The van der Waals surface area contributed by atoms with Gasteiger partial charge in [0.1, 0.15) is 5.54 Å². The van der Waals surface area contributed by atoms with Gasteiger partial charge in [0, 0.05) is 0 Å². The molecule has 1 rings (SSSR count). The van der Waals surface area contributed by atoms with Gasteiger partial charge >= 0.3 is 5.97 Å². The first-order valence-electron chi connectivity index (χ1n) is 5.74. The van der Waals surface area contributed by atoms with Crippen LogP contribution in [0.2, 0.25) is 0 Å². The first-order valence-corrected chi connectivity index (χ1v) is 5.74. The molecule has 5 heteroatoms. The van der Waals surface area contributed by atoms with Gasteiger partial charge in [0.25, 0.3) is 0 Å². The Morgan fingerprint density at radius 3 is 2.38 bits per heavy atom. The summed E-state index contributed by atoms with van der Waals surface area (Å²) in [4.78, 5) is 22.8. The Morgan fingerprint density at radius 1 is 1.50 bits per heavy atom. The second-order valence-electron chi connectivity index (χ2n) is 4.64. The lowest BCUT2D eigenvalue weighted by Gasteiger charge is -2.39. The zero-order chi connectivity index (χ0) is 12.3. The van der Waals surface area contributed by atoms with Gasteiger partial charge < -0.3 is 16.2 Å². The van der Waals surface area contributed by atoms with Gasteiger partial charge in [0.2, 0.25) is 5.91 Å². The summed E-state index contributed by atoms with van der Waals surface area (Å²) in [6, 6.07) is -0.623. The van der Waals surface area contributed by atoms with Gasteiger partial charge in [-0.2, -0.15) is 0 Å². The van der Waals surface area contributed by atoms with Gasteiger partial charge in [-0.25, -0.2) is 4.79 Å². The van der Waals surface area contributed by atoms with Crippen molar-refractivity contribution in [3.8, 4) is 0 Å². The van der Waals surface area contributed by atoms with Crippen molar-refractivity contribution in [1.82, 2.24) is 5.32 Å². The SMILES string of the molecule is CC[C@H](C)[C@H](N)C(=O)NC1(C(=O)O)CCC1. The number of carboxylic acids is 1. The molecule has 0 heterocycles. The summed E-state index contributed by atoms with van der Waals surface area (Å²) in [6.45, 7) is 3.84. The van der Waals surface area contributed by atoms with E-state index in [1.54, 1.807) is 0 Å². The van der Waals surface area contributed by atoms with E-state index in [1.807, 2.05) is 13.8 Å². The van der Waals surface area contributed by atoms with Crippen molar-refractivity contribution in [2.24, 2.45) is 11.7 Å². The van der Waals surface area contributed by atoms with Crippen molar-refractivity contribution in [2.45, 2.75) is 51.1 Å². The second-order valence-corrected chi connectivity index (χ2v) is 4.64. The zero-order valence-electron chi connectivity index (χ0n) is 9.82. The van der Waals surface area contributed by atoms with E-state index in [9.17, 15) is 9.59 Å². The molecule has 0 spiro atoms. The number of carbonyl (C=O) groups excluding carboxylic acids is 1. The van der Waals surface area contributed by atoms with Crippen molar-refractivity contribution in [2.75, 3.05) is 0 Å². The maximum atomic E-state index is 11.8. The summed E-state index contributed by atoms with van der Waals surface area (Å²) in [5.74, 6) is -1.24. The molecule has 0 aliphatic heterocycles. The highest BCUT2D eigenvalue weighted by Gasteiger charge is 2.46. The molecular weight excluding hydrogens is 208 g/mol. The van der Waals surface area contributed by atoms with Crippen LogP contribution in [0.25, 0.3) is 0 Å². The molecule has 1 fully saturated rings. The van der Waals surface area contributed by atoms with E-state index < -0.39 is 17.6 Å². The third-order valence-electron chi connectivity index (χ3n) is 3.54. The van der Waals surface area contributed by atoms with E-state index in [0.717, 1.165) is 12.8 Å². The lowest BCUT2D eigenvalue weighted by molar-refractivity contribution is -0.152. The highest BCUT2D eigenvalue weighted by atomic mass is 16.4. The fourth-order valence-corrected chi connectivity index (χ4v) is 1.75. The zero-order valence-corrected chi connectivity index (χ0v) is 9.82. The fraction of sp³-hybridized carbons (Fsp3) is 0.818. The molecule has 4 N–H and O–H groups in total. The summed E-state index contributed by atoms with van der Waals surface area (Å²) >= 11 is 0. The topological polar surface area (TPSA) is 92.4 Å². The smallest absolute Gasteiger partial charge is 0.329 e. The van der Waals surface area contributed by atoms with Gasteiger partial charge in [-0.3, -0.25) is 4.79 Å². The Bertz CT molecular complexity index is 287. The van der Waals surface area contributed by atoms with Crippen LogP contribution in [0.4, 0.5) is 0 Å². The first kappa shape index (κ1) is 13.0. The van der Waals surface area contributed by atoms with Crippen molar-refractivity contribution in [1.29, 1.82) is 0 Å². The van der Waals surface area contributed by atoms with E-state index in [4.69, 9.17) is 10.8 Å². The first-order chi connectivity index (χ1) is 7.43. The van der Waals surface area contributed by atoms with Crippen molar-refractivity contribution >= 4 is 11.9 Å². The second kappa shape index (κ2) is 4.82. The molecular formula is C11H20N2O3. The van der Waals surface area contributed by atoms with Crippen molar-refractivity contribution in [3.63, 3.8) is 0 Å². The van der Waals surface area contributed by atoms with E-state index in [2.05, 4.69) is 5.32 Å². The van der Waals surface area contributed by atoms with Crippen LogP contribution in [0, 0.1) is 5.92 Å². The highest BCUT2D eigenvalue weighted by Crippen LogP contribution is 2.32. The predicted octanol–water partition coefficient (Wildman–Crippen LogP) is 0.483. The van der Waals surface area contributed by atoms with E-state index >= 15 is 0 Å². The molecule has 0 bridgehead atoms. The molecule has 16 heavy (non-hydrogen) atoms. The van der Waals surface area contributed by atoms with Crippen molar-refractivity contribution in [3.05, 3.63) is 0 Å². The summed E-state index contributed by atoms with van der Waals surface area (Å²) in [7, 11) is 0. The minimum absolute atomic E-state index is 0.0610. The summed E-state index contributed by atoms with van der Waals surface area (Å²) in [5, 5.41) is 11.6. The molecule has 1 saturated carbocycles. The summed E-state index contributed by atoms with van der Waals surface area (Å²) in [5.41, 5.74) is 4.70. The standard InChI is InChI=1S/C11H20N2O3/c1-3-7(2)8(12)9(14)13-11(10(15)16)5-4-6-11/h7-8H,3-6,12H2,1-2H3,(H,13,14)(H,15,16)/t7-,8-/m0/s1. The number of aliphatic carboxylic acids is 1. The molecule has 1 aliphatic rings. The maximum absolute atomic E-state index is 11.8. The van der Waals surface area contributed by atoms with Gasteiger partial charge in [0.15, 0.2) is 0 Å². The molecule has 0 aromatic rings. The fourth-order valence-electron chi connectivity index (χ4n) is 1.75. The number of carbonyl (C=O) groups is 2. The van der Waals surface area contributed by atoms with Crippen LogP contribution in [0.3, 0.4) is 0 Å². The van der Waals surface area contributed by atoms with Crippen LogP contribution in [0.5, 0.6) is 0 Å². The molecule has 0 aromatic carbocycles. The predicted molar refractivity (Wildman–Crippen MR) is 59.8 cm³/mol. The molecule has 2 atom stereocenters. The van der Waals surface area contributed by atoms with Crippen LogP contribution >= 0.6 is 0 Å². The Labute approximate surface area is 95.4 Å². The van der Waals surface area contributed by atoms with Gasteiger partial charge in [0.05, 0.1) is 6.04 Å². The number of nitrogens with one attached hydrogen (secondary N) is 1. The summed E-state index contributed by atoms with van der Waals surface area (Å²) < 4.78 is 0. The monoisotopic (exact) mass is 228 g/mol. The molecule has 1 aliphatic carbocycles. The largest absolute Gasteiger partial charge is 0.480 e. The van der Waals surface area contributed by atoms with E-state index in [0.29, 0.717) is 12.8 Å². The van der Waals surface area contributed by atoms with Crippen LogP contribution in [0.1, 0.15) is 39.5 Å². The molecule has 0 saturated heterocycles. The van der Waals surface area contributed by atoms with Crippen LogP contribution in [0.15, 0.2) is 0 Å². The number of hydrogen-bond acceptors (Lipinski definition) is 3. The number of carboxylic acid groups (broad SMARTS) is 1. The molecule has 1 amide bonds. The number of nitrogens with two attached hydrogens (primary N) is 1. The third-order valence-corrected chi connectivity index (χ3v) is 3.54. The molecule has 0 unspecified atom stereocenters. The molecule has 0 aromatic heterocycles. The highest BCUT2D eigenvalue weighted by molar-refractivity contribution is 5.90. The minimum Gasteiger partial charge on any atom is -0.480 e. The lowest BCUT2D eigenvalue weighted by Crippen LogP contribution is -2.62. The lowest BCUT2D eigenvalue weighted by atomic mass is 9.76. The van der Waals surface area contributed by atoms with E-state index in [1.165, 1.54) is 0 Å². The number of hydrogen-bond donors (Lipinski definition) is 3. The Kier molecular flexibility index (Phi) is 3.91. The minimum atomic E-state index is -1.05.